The van der Waals surface area contributed by atoms with Crippen LogP contribution in [0.1, 0.15) is 5.56 Å². The third-order valence-electron chi connectivity index (χ3n) is 5.07. The summed E-state index contributed by atoms with van der Waals surface area (Å²) in [5, 5.41) is 0.760. The summed E-state index contributed by atoms with van der Waals surface area (Å²) in [6, 6.07) is 15.8. The third-order valence-corrected chi connectivity index (χ3v) is 5.31. The van der Waals surface area contributed by atoms with Crippen LogP contribution >= 0.6 is 11.6 Å². The summed E-state index contributed by atoms with van der Waals surface area (Å²) in [5.74, 6) is 0.978. The minimum Gasteiger partial charge on any atom is -0.496 e. The number of halogens is 1. The Morgan fingerprint density at radius 3 is 2.63 bits per heavy atom. The van der Waals surface area contributed by atoms with Crippen LogP contribution in [0.2, 0.25) is 5.02 Å². The van der Waals surface area contributed by atoms with E-state index in [1.54, 1.807) is 12.0 Å². The topological polar surface area (TPSA) is 37.2 Å². The second kappa shape index (κ2) is 9.11. The van der Waals surface area contributed by atoms with Gasteiger partial charge in [0.15, 0.2) is 6.54 Å². The molecule has 144 valence electrons. The zero-order valence-corrected chi connectivity index (χ0v) is 16.7. The SMILES string of the molecule is COc1ccccc1CN(C)C(=O)C[NH+]1CCN(c2cccc(Cl)c2)CC1. The van der Waals surface area contributed by atoms with Crippen molar-refractivity contribution in [2.45, 2.75) is 6.54 Å². The molecule has 0 radical (unpaired) electrons. The highest BCUT2D eigenvalue weighted by Crippen LogP contribution is 2.20. The predicted molar refractivity (Wildman–Crippen MR) is 109 cm³/mol. The van der Waals surface area contributed by atoms with Crippen LogP contribution in [-0.2, 0) is 11.3 Å². The van der Waals surface area contributed by atoms with E-state index in [9.17, 15) is 4.79 Å². The number of carbonyl (C=O) groups is 1. The number of benzene rings is 2. The normalized spacial score (nSPS) is 14.9. The van der Waals surface area contributed by atoms with Gasteiger partial charge >= 0.3 is 0 Å². The second-order valence-electron chi connectivity index (χ2n) is 6.96. The van der Waals surface area contributed by atoms with Gasteiger partial charge in [0, 0.05) is 29.9 Å². The summed E-state index contributed by atoms with van der Waals surface area (Å²) in [6.07, 6.45) is 0. The van der Waals surface area contributed by atoms with Crippen LogP contribution in [0, 0.1) is 0 Å². The number of ether oxygens (including phenoxy) is 1. The molecule has 0 spiro atoms. The van der Waals surface area contributed by atoms with E-state index in [-0.39, 0.29) is 5.91 Å². The van der Waals surface area contributed by atoms with Crippen LogP contribution in [0.4, 0.5) is 5.69 Å². The molecule has 1 aliphatic heterocycles. The van der Waals surface area contributed by atoms with Gasteiger partial charge < -0.3 is 19.4 Å². The number of para-hydroxylation sites is 1. The van der Waals surface area contributed by atoms with Crippen LogP contribution in [0.5, 0.6) is 5.75 Å². The largest absolute Gasteiger partial charge is 0.496 e. The Bertz CT molecular complexity index is 776. The Balaban J connectivity index is 1.50. The van der Waals surface area contributed by atoms with Gasteiger partial charge in [-0.15, -0.1) is 0 Å². The predicted octanol–water partition coefficient (Wildman–Crippen LogP) is 1.71. The molecule has 0 saturated carbocycles. The Hall–Kier alpha value is -2.24. The maximum atomic E-state index is 12.6. The van der Waals surface area contributed by atoms with Gasteiger partial charge in [0.2, 0.25) is 0 Å². The highest BCUT2D eigenvalue weighted by molar-refractivity contribution is 6.30. The first-order chi connectivity index (χ1) is 13.1. The molecule has 1 saturated heterocycles. The monoisotopic (exact) mass is 388 g/mol. The number of nitrogens with zero attached hydrogens (tertiary/aromatic N) is 2. The van der Waals surface area contributed by atoms with Gasteiger partial charge in [0.1, 0.15) is 5.75 Å². The molecule has 0 unspecified atom stereocenters. The standard InChI is InChI=1S/C21H26ClN3O2/c1-23(15-17-6-3-4-9-20(17)27-2)21(26)16-24-10-12-25(13-11-24)19-8-5-7-18(22)14-19/h3-9,14H,10-13,15-16H2,1-2H3/p+1. The van der Waals surface area contributed by atoms with Gasteiger partial charge in [-0.2, -0.15) is 0 Å². The summed E-state index contributed by atoms with van der Waals surface area (Å²) in [4.78, 5) is 18.1. The molecule has 1 aliphatic rings. The fraction of sp³-hybridized carbons (Fsp3) is 0.381. The molecular formula is C21H27ClN3O2+. The van der Waals surface area contributed by atoms with Crippen molar-refractivity contribution in [3.63, 3.8) is 0 Å². The molecule has 0 aliphatic carbocycles. The van der Waals surface area contributed by atoms with Crippen LogP contribution in [0.25, 0.3) is 0 Å². The lowest BCUT2D eigenvalue weighted by atomic mass is 10.2. The molecule has 1 heterocycles. The molecule has 3 rings (SSSR count). The van der Waals surface area contributed by atoms with Gasteiger partial charge in [-0.05, 0) is 24.3 Å². The third kappa shape index (κ3) is 5.15. The molecule has 0 atom stereocenters. The number of quaternary nitrogens is 1. The number of hydrogen-bond donors (Lipinski definition) is 1. The Morgan fingerprint density at radius 2 is 1.93 bits per heavy atom. The summed E-state index contributed by atoms with van der Waals surface area (Å²) in [6.45, 7) is 4.83. The van der Waals surface area contributed by atoms with E-state index in [1.807, 2.05) is 49.5 Å². The van der Waals surface area contributed by atoms with Gasteiger partial charge in [-0.1, -0.05) is 35.9 Å². The molecule has 5 nitrogen and oxygen atoms in total. The second-order valence-corrected chi connectivity index (χ2v) is 7.39. The van der Waals surface area contributed by atoms with Crippen LogP contribution in [-0.4, -0.2) is 57.7 Å². The number of amides is 1. The van der Waals surface area contributed by atoms with Gasteiger partial charge in [-0.25, -0.2) is 0 Å². The lowest BCUT2D eigenvalue weighted by molar-refractivity contribution is -0.892. The van der Waals surface area contributed by atoms with Crippen molar-refractivity contribution in [2.75, 3.05) is 51.8 Å². The van der Waals surface area contributed by atoms with E-state index >= 15 is 0 Å². The minimum atomic E-state index is 0.159. The average Bonchev–Trinajstić information content (AvgIpc) is 2.69. The molecule has 2 aromatic rings. The number of carbonyl (C=O) groups excluding carboxylic acids is 1. The molecule has 0 aromatic heterocycles. The van der Waals surface area contributed by atoms with Gasteiger partial charge in [0.05, 0.1) is 33.3 Å². The molecule has 1 fully saturated rings. The van der Waals surface area contributed by atoms with Crippen molar-refractivity contribution in [1.82, 2.24) is 4.90 Å². The Morgan fingerprint density at radius 1 is 1.19 bits per heavy atom. The zero-order valence-electron chi connectivity index (χ0n) is 16.0. The summed E-state index contributed by atoms with van der Waals surface area (Å²) in [5.41, 5.74) is 2.18. The molecule has 1 N–H and O–H groups in total. The highest BCUT2D eigenvalue weighted by Gasteiger charge is 2.24. The van der Waals surface area contributed by atoms with Crippen molar-refractivity contribution in [2.24, 2.45) is 0 Å². The van der Waals surface area contributed by atoms with E-state index in [0.29, 0.717) is 13.1 Å². The number of methoxy groups -OCH3 is 1. The minimum absolute atomic E-state index is 0.159. The fourth-order valence-corrected chi connectivity index (χ4v) is 3.64. The number of rotatable bonds is 6. The summed E-state index contributed by atoms with van der Waals surface area (Å²) >= 11 is 6.09. The van der Waals surface area contributed by atoms with E-state index in [4.69, 9.17) is 16.3 Å². The van der Waals surface area contributed by atoms with Crippen LogP contribution in [0.3, 0.4) is 0 Å². The van der Waals surface area contributed by atoms with Crippen molar-refractivity contribution in [1.29, 1.82) is 0 Å². The molecule has 2 aromatic carbocycles. The van der Waals surface area contributed by atoms with E-state index in [1.165, 1.54) is 4.90 Å². The molecule has 1 amide bonds. The lowest BCUT2D eigenvalue weighted by Gasteiger charge is -2.34. The van der Waals surface area contributed by atoms with Crippen LogP contribution < -0.4 is 14.5 Å². The lowest BCUT2D eigenvalue weighted by Crippen LogP contribution is -3.15. The molecular weight excluding hydrogens is 362 g/mol. The molecule has 27 heavy (non-hydrogen) atoms. The van der Waals surface area contributed by atoms with Gasteiger partial charge in [0.25, 0.3) is 5.91 Å². The molecule has 6 heteroatoms. The summed E-state index contributed by atoms with van der Waals surface area (Å²) < 4.78 is 5.38. The number of anilines is 1. The van der Waals surface area contributed by atoms with Crippen molar-refractivity contribution >= 4 is 23.2 Å². The number of piperazine rings is 1. The maximum Gasteiger partial charge on any atom is 0.277 e. The van der Waals surface area contributed by atoms with Gasteiger partial charge in [-0.3, -0.25) is 4.79 Å². The highest BCUT2D eigenvalue weighted by atomic mass is 35.5. The maximum absolute atomic E-state index is 12.6. The van der Waals surface area contributed by atoms with Crippen molar-refractivity contribution < 1.29 is 14.4 Å². The van der Waals surface area contributed by atoms with Crippen molar-refractivity contribution in [3.8, 4) is 5.75 Å². The number of hydrogen-bond acceptors (Lipinski definition) is 3. The van der Waals surface area contributed by atoms with Crippen LogP contribution in [0.15, 0.2) is 48.5 Å². The van der Waals surface area contributed by atoms with Crippen molar-refractivity contribution in [3.05, 3.63) is 59.1 Å². The number of likely N-dealkylation sites (N-methyl/N-ethyl adjacent to an activating group) is 1. The van der Waals surface area contributed by atoms with E-state index in [0.717, 1.165) is 48.2 Å². The number of nitrogens with one attached hydrogen (secondary N) is 1. The average molecular weight is 389 g/mol. The molecule has 0 bridgehead atoms. The first-order valence-electron chi connectivity index (χ1n) is 9.27. The Kier molecular flexibility index (Phi) is 6.58. The zero-order chi connectivity index (χ0) is 19.2. The van der Waals surface area contributed by atoms with E-state index in [2.05, 4.69) is 11.0 Å². The summed E-state index contributed by atoms with van der Waals surface area (Å²) in [7, 11) is 3.51. The smallest absolute Gasteiger partial charge is 0.277 e. The Labute approximate surface area is 166 Å². The quantitative estimate of drug-likeness (QED) is 0.818. The first kappa shape index (κ1) is 19.5. The first-order valence-corrected chi connectivity index (χ1v) is 9.64. The fourth-order valence-electron chi connectivity index (χ4n) is 3.46. The van der Waals surface area contributed by atoms with E-state index < -0.39 is 0 Å².